The summed E-state index contributed by atoms with van der Waals surface area (Å²) in [5.41, 5.74) is 5.95. The minimum atomic E-state index is 0.236. The van der Waals surface area contributed by atoms with E-state index in [0.717, 1.165) is 11.4 Å². The summed E-state index contributed by atoms with van der Waals surface area (Å²) in [5.74, 6) is 0.297. The average Bonchev–Trinajstić information content (AvgIpc) is 2.47. The molecule has 0 saturated heterocycles. The third-order valence-electron chi connectivity index (χ3n) is 1.73. The Morgan fingerprint density at radius 3 is 3.14 bits per heavy atom. The zero-order valence-corrected chi connectivity index (χ0v) is 8.77. The number of rotatable bonds is 4. The maximum atomic E-state index is 8.81. The van der Waals surface area contributed by atoms with Crippen LogP contribution in [0.1, 0.15) is 18.9 Å². The van der Waals surface area contributed by atoms with Crippen molar-refractivity contribution < 1.29 is 0 Å². The van der Waals surface area contributed by atoms with Crippen LogP contribution in [0.3, 0.4) is 0 Å². The first-order valence-electron chi connectivity index (χ1n) is 4.21. The van der Waals surface area contributed by atoms with Gasteiger partial charge in [-0.1, -0.05) is 6.08 Å². The molecule has 1 heterocycles. The average molecular weight is 208 g/mol. The molecule has 1 atom stereocenters. The fraction of sp³-hybridized carbons (Fsp3) is 0.333. The van der Waals surface area contributed by atoms with E-state index in [2.05, 4.69) is 16.3 Å². The molecule has 0 bridgehead atoms. The molecular formula is C9H12N4S. The zero-order chi connectivity index (χ0) is 10.6. The van der Waals surface area contributed by atoms with Gasteiger partial charge < -0.3 is 11.1 Å². The summed E-state index contributed by atoms with van der Waals surface area (Å²) in [6.07, 6.45) is 2.66. The first kappa shape index (κ1) is 10.5. The first-order valence-corrected chi connectivity index (χ1v) is 4.99. The van der Waals surface area contributed by atoms with Crippen molar-refractivity contribution >= 4 is 22.4 Å². The van der Waals surface area contributed by atoms with Gasteiger partial charge >= 0.3 is 0 Å². The van der Waals surface area contributed by atoms with Crippen LogP contribution in [0.15, 0.2) is 12.7 Å². The van der Waals surface area contributed by atoms with Crippen molar-refractivity contribution in [2.45, 2.75) is 19.4 Å². The lowest BCUT2D eigenvalue weighted by molar-refractivity contribution is 0.817. The van der Waals surface area contributed by atoms with Crippen LogP contribution in [0.4, 0.5) is 10.8 Å². The highest BCUT2D eigenvalue weighted by Gasteiger charge is 2.11. The fourth-order valence-corrected chi connectivity index (χ4v) is 1.82. The van der Waals surface area contributed by atoms with Gasteiger partial charge in [-0.15, -0.1) is 6.58 Å². The molecule has 0 spiro atoms. The van der Waals surface area contributed by atoms with Gasteiger partial charge in [0.05, 0.1) is 0 Å². The van der Waals surface area contributed by atoms with Gasteiger partial charge in [0.1, 0.15) is 16.6 Å². The van der Waals surface area contributed by atoms with Crippen LogP contribution in [0.5, 0.6) is 0 Å². The van der Waals surface area contributed by atoms with Gasteiger partial charge in [-0.05, 0) is 24.9 Å². The summed E-state index contributed by atoms with van der Waals surface area (Å²) in [7, 11) is 0. The lowest BCUT2D eigenvalue weighted by atomic mass is 10.2. The van der Waals surface area contributed by atoms with E-state index < -0.39 is 0 Å². The standard InChI is InChI=1S/C9H12N4S/c1-3-4-6(2)12-9-7(5-10)8(11)13-14-9/h3,6,12H,1,4H2,2H3,(H2,11,13). The molecule has 3 N–H and O–H groups in total. The second kappa shape index (κ2) is 4.63. The first-order chi connectivity index (χ1) is 6.69. The number of anilines is 2. The molecule has 1 unspecified atom stereocenters. The van der Waals surface area contributed by atoms with E-state index in [1.54, 1.807) is 0 Å². The second-order valence-corrected chi connectivity index (χ2v) is 3.73. The Bertz CT molecular complexity index is 363. The van der Waals surface area contributed by atoms with Crippen LogP contribution in [-0.4, -0.2) is 10.4 Å². The molecule has 14 heavy (non-hydrogen) atoms. The van der Waals surface area contributed by atoms with Crippen molar-refractivity contribution in [3.8, 4) is 6.07 Å². The van der Waals surface area contributed by atoms with Crippen molar-refractivity contribution in [1.82, 2.24) is 4.37 Å². The van der Waals surface area contributed by atoms with E-state index in [4.69, 9.17) is 11.0 Å². The summed E-state index contributed by atoms with van der Waals surface area (Å²) >= 11 is 1.21. The Morgan fingerprint density at radius 2 is 2.57 bits per heavy atom. The van der Waals surface area contributed by atoms with Crippen LogP contribution in [0.25, 0.3) is 0 Å². The Labute approximate surface area is 87.2 Å². The zero-order valence-electron chi connectivity index (χ0n) is 7.95. The SMILES string of the molecule is C=CCC(C)Nc1snc(N)c1C#N. The molecule has 0 aromatic carbocycles. The van der Waals surface area contributed by atoms with E-state index in [9.17, 15) is 0 Å². The topological polar surface area (TPSA) is 74.7 Å². The van der Waals surface area contributed by atoms with Crippen molar-refractivity contribution in [1.29, 1.82) is 5.26 Å². The summed E-state index contributed by atoms with van der Waals surface area (Å²) in [5, 5.41) is 12.7. The maximum Gasteiger partial charge on any atom is 0.157 e. The highest BCUT2D eigenvalue weighted by atomic mass is 32.1. The second-order valence-electron chi connectivity index (χ2n) is 2.95. The highest BCUT2D eigenvalue weighted by Crippen LogP contribution is 2.26. The number of nitrogens with two attached hydrogens (primary N) is 1. The molecule has 0 fully saturated rings. The Kier molecular flexibility index (Phi) is 3.48. The molecule has 0 aliphatic rings. The molecule has 1 aromatic rings. The lowest BCUT2D eigenvalue weighted by Crippen LogP contribution is -2.13. The van der Waals surface area contributed by atoms with Crippen molar-refractivity contribution in [3.05, 3.63) is 18.2 Å². The summed E-state index contributed by atoms with van der Waals surface area (Å²) in [6.45, 7) is 5.66. The van der Waals surface area contributed by atoms with E-state index in [1.807, 2.05) is 19.1 Å². The predicted molar refractivity (Wildman–Crippen MR) is 59.1 cm³/mol. The van der Waals surface area contributed by atoms with Crippen LogP contribution in [0.2, 0.25) is 0 Å². The number of hydrogen-bond donors (Lipinski definition) is 2. The Balaban J connectivity index is 2.77. The van der Waals surface area contributed by atoms with Gasteiger partial charge in [0.15, 0.2) is 5.82 Å². The molecule has 0 saturated carbocycles. The third-order valence-corrected chi connectivity index (χ3v) is 2.52. The molecule has 74 valence electrons. The molecule has 4 nitrogen and oxygen atoms in total. The van der Waals surface area contributed by atoms with Gasteiger partial charge in [-0.3, -0.25) is 0 Å². The van der Waals surface area contributed by atoms with Crippen LogP contribution in [-0.2, 0) is 0 Å². The molecule has 1 aromatic heterocycles. The van der Waals surface area contributed by atoms with Crippen LogP contribution in [0, 0.1) is 11.3 Å². The smallest absolute Gasteiger partial charge is 0.157 e. The van der Waals surface area contributed by atoms with E-state index in [1.165, 1.54) is 11.5 Å². The quantitative estimate of drug-likeness (QED) is 0.742. The van der Waals surface area contributed by atoms with Crippen molar-refractivity contribution in [2.75, 3.05) is 11.1 Å². The number of hydrogen-bond acceptors (Lipinski definition) is 5. The van der Waals surface area contributed by atoms with E-state index in [-0.39, 0.29) is 6.04 Å². The van der Waals surface area contributed by atoms with Crippen LogP contribution >= 0.6 is 11.5 Å². The van der Waals surface area contributed by atoms with Crippen LogP contribution < -0.4 is 11.1 Å². The van der Waals surface area contributed by atoms with Gasteiger partial charge in [0.25, 0.3) is 0 Å². The number of nitrogens with one attached hydrogen (secondary N) is 1. The van der Waals surface area contributed by atoms with Gasteiger partial charge in [0, 0.05) is 6.04 Å². The summed E-state index contributed by atoms with van der Waals surface area (Å²) < 4.78 is 3.91. The largest absolute Gasteiger partial charge is 0.382 e. The third kappa shape index (κ3) is 2.24. The lowest BCUT2D eigenvalue weighted by Gasteiger charge is -2.10. The minimum Gasteiger partial charge on any atom is -0.382 e. The minimum absolute atomic E-state index is 0.236. The Hall–Kier alpha value is -1.54. The van der Waals surface area contributed by atoms with Gasteiger partial charge in [-0.2, -0.15) is 9.64 Å². The predicted octanol–water partition coefficient (Wildman–Crippen LogP) is 1.97. The number of aromatic nitrogens is 1. The van der Waals surface area contributed by atoms with Crippen molar-refractivity contribution in [2.24, 2.45) is 0 Å². The molecule has 0 radical (unpaired) electrons. The number of nitrogens with zero attached hydrogens (tertiary/aromatic N) is 2. The summed E-state index contributed by atoms with van der Waals surface area (Å²) in [6, 6.07) is 2.26. The van der Waals surface area contributed by atoms with Gasteiger partial charge in [0.2, 0.25) is 0 Å². The molecule has 0 aliphatic carbocycles. The monoisotopic (exact) mass is 208 g/mol. The fourth-order valence-electron chi connectivity index (χ4n) is 1.04. The maximum absolute atomic E-state index is 8.81. The van der Waals surface area contributed by atoms with Gasteiger partial charge in [-0.25, -0.2) is 0 Å². The van der Waals surface area contributed by atoms with Crippen molar-refractivity contribution in [3.63, 3.8) is 0 Å². The molecule has 5 heteroatoms. The number of nitriles is 1. The number of nitrogen functional groups attached to an aromatic ring is 1. The molecular weight excluding hydrogens is 196 g/mol. The Morgan fingerprint density at radius 1 is 1.86 bits per heavy atom. The molecule has 0 amide bonds. The normalized spacial score (nSPS) is 11.7. The summed E-state index contributed by atoms with van der Waals surface area (Å²) in [4.78, 5) is 0. The molecule has 1 rings (SSSR count). The highest BCUT2D eigenvalue weighted by molar-refractivity contribution is 7.10. The van der Waals surface area contributed by atoms with E-state index in [0.29, 0.717) is 11.4 Å². The van der Waals surface area contributed by atoms with E-state index >= 15 is 0 Å². The molecule has 0 aliphatic heterocycles.